The van der Waals surface area contributed by atoms with E-state index in [4.69, 9.17) is 9.15 Å². The lowest BCUT2D eigenvalue weighted by Crippen LogP contribution is -2.27. The maximum absolute atomic E-state index is 13.7. The van der Waals surface area contributed by atoms with Gasteiger partial charge in [-0.05, 0) is 63.2 Å². The standard InChI is InChI=1S/C34H31FN4O6S2/c1-34(2,3)45-33(41)39-24-10-8-7-9-20(24)15-26(39)32-37-18-28(46-32)22-16-23-27(17-25(22)38(5)47(6,42)43)44-30(29(23)31(40)36-4)19-11-13-21(35)14-12-19/h7-18H,1-6H3,(H,36,40). The lowest BCUT2D eigenvalue weighted by atomic mass is 10.0. The SMILES string of the molecule is CNC(=O)c1c(-c2ccc(F)cc2)oc2cc(N(C)S(C)(=O)=O)c(-c3cnc(-c4cc5ccccc5n4C(=O)OC(C)(C)C)s3)cc12. The minimum Gasteiger partial charge on any atom is -0.455 e. The summed E-state index contributed by atoms with van der Waals surface area (Å²) in [4.78, 5) is 31.9. The number of furan rings is 1. The zero-order chi connectivity index (χ0) is 33.8. The van der Waals surface area contributed by atoms with Crippen LogP contribution in [0.25, 0.3) is 54.3 Å². The second kappa shape index (κ2) is 11.7. The normalized spacial score (nSPS) is 12.1. The summed E-state index contributed by atoms with van der Waals surface area (Å²) in [6.45, 7) is 5.37. The molecule has 3 aromatic heterocycles. The molecular weight excluding hydrogens is 644 g/mol. The van der Waals surface area contributed by atoms with E-state index in [1.165, 1.54) is 54.3 Å². The summed E-state index contributed by atoms with van der Waals surface area (Å²) in [5, 5.41) is 4.35. The molecule has 1 amide bonds. The van der Waals surface area contributed by atoms with Gasteiger partial charge in [0.2, 0.25) is 10.0 Å². The zero-order valence-electron chi connectivity index (χ0n) is 26.4. The molecule has 1 N–H and O–H groups in total. The first-order chi connectivity index (χ1) is 22.2. The second-order valence-corrected chi connectivity index (χ2v) is 15.0. The van der Waals surface area contributed by atoms with Crippen molar-refractivity contribution in [1.82, 2.24) is 14.9 Å². The summed E-state index contributed by atoms with van der Waals surface area (Å²) in [5.41, 5.74) is 2.09. The van der Waals surface area contributed by atoms with Crippen LogP contribution in [0.1, 0.15) is 31.1 Å². The van der Waals surface area contributed by atoms with Gasteiger partial charge >= 0.3 is 6.09 Å². The number of hydrogen-bond acceptors (Lipinski definition) is 8. The topological polar surface area (TPSA) is 124 Å². The van der Waals surface area contributed by atoms with Crippen molar-refractivity contribution in [3.05, 3.63) is 84.3 Å². The van der Waals surface area contributed by atoms with Crippen molar-refractivity contribution in [2.24, 2.45) is 0 Å². The highest BCUT2D eigenvalue weighted by atomic mass is 32.2. The Kier molecular flexibility index (Phi) is 7.92. The van der Waals surface area contributed by atoms with Crippen LogP contribution in [-0.2, 0) is 14.8 Å². The second-order valence-electron chi connectivity index (χ2n) is 11.9. The van der Waals surface area contributed by atoms with Crippen LogP contribution in [0.2, 0.25) is 0 Å². The van der Waals surface area contributed by atoms with Crippen molar-refractivity contribution in [3.63, 3.8) is 0 Å². The Hall–Kier alpha value is -5.01. The van der Waals surface area contributed by atoms with Gasteiger partial charge in [0.15, 0.2) is 0 Å². The van der Waals surface area contributed by atoms with Gasteiger partial charge in [-0.3, -0.25) is 9.10 Å². The predicted octanol–water partition coefficient (Wildman–Crippen LogP) is 7.52. The van der Waals surface area contributed by atoms with Gasteiger partial charge in [0.25, 0.3) is 5.91 Å². The van der Waals surface area contributed by atoms with Crippen LogP contribution >= 0.6 is 11.3 Å². The highest BCUT2D eigenvalue weighted by Gasteiger charge is 2.28. The molecule has 0 fully saturated rings. The van der Waals surface area contributed by atoms with E-state index in [1.807, 2.05) is 30.3 Å². The maximum Gasteiger partial charge on any atom is 0.419 e. The molecule has 0 bridgehead atoms. The Morgan fingerprint density at radius 3 is 2.43 bits per heavy atom. The minimum atomic E-state index is -3.74. The van der Waals surface area contributed by atoms with E-state index < -0.39 is 33.4 Å². The summed E-state index contributed by atoms with van der Waals surface area (Å²) < 4.78 is 53.9. The first kappa shape index (κ1) is 32.0. The molecule has 13 heteroatoms. The molecule has 0 aliphatic carbocycles. The van der Waals surface area contributed by atoms with E-state index >= 15 is 0 Å². The molecule has 0 spiro atoms. The molecule has 3 heterocycles. The number of fused-ring (bicyclic) bond motifs is 2. The summed E-state index contributed by atoms with van der Waals surface area (Å²) in [7, 11) is -0.835. The van der Waals surface area contributed by atoms with E-state index in [0.717, 1.165) is 15.9 Å². The number of benzene rings is 3. The van der Waals surface area contributed by atoms with Gasteiger partial charge in [-0.25, -0.2) is 27.2 Å². The van der Waals surface area contributed by atoms with Crippen LogP contribution in [-0.4, -0.2) is 55.9 Å². The van der Waals surface area contributed by atoms with Crippen molar-refractivity contribution in [1.29, 1.82) is 0 Å². The molecule has 47 heavy (non-hydrogen) atoms. The molecule has 10 nitrogen and oxygen atoms in total. The number of carbonyl (C=O) groups excluding carboxylic acids is 2. The third kappa shape index (κ3) is 5.99. The third-order valence-corrected chi connectivity index (χ3v) is 9.73. The van der Waals surface area contributed by atoms with Crippen LogP contribution < -0.4 is 9.62 Å². The molecule has 6 rings (SSSR count). The Morgan fingerprint density at radius 2 is 1.77 bits per heavy atom. The summed E-state index contributed by atoms with van der Waals surface area (Å²) in [5.74, 6) is -0.682. The fourth-order valence-electron chi connectivity index (χ4n) is 5.26. The van der Waals surface area contributed by atoms with Gasteiger partial charge in [-0.2, -0.15) is 0 Å². The number of ether oxygens (including phenoxy) is 1. The van der Waals surface area contributed by atoms with Crippen LogP contribution in [0.15, 0.2) is 77.3 Å². The van der Waals surface area contributed by atoms with E-state index in [-0.39, 0.29) is 22.6 Å². The first-order valence-electron chi connectivity index (χ1n) is 14.5. The van der Waals surface area contributed by atoms with Crippen molar-refractivity contribution < 1.29 is 31.6 Å². The number of aromatic nitrogens is 2. The average molecular weight is 675 g/mol. The quantitative estimate of drug-likeness (QED) is 0.194. The number of hydrogen-bond donors (Lipinski definition) is 1. The van der Waals surface area contributed by atoms with Crippen LogP contribution in [0.5, 0.6) is 0 Å². The number of halogens is 1. The zero-order valence-corrected chi connectivity index (χ0v) is 28.0. The molecule has 0 aliphatic heterocycles. The fourth-order valence-corrected chi connectivity index (χ4v) is 6.71. The minimum absolute atomic E-state index is 0.205. The number of anilines is 1. The fraction of sp³-hybridized carbons (Fsp3) is 0.206. The Bertz CT molecular complexity index is 2300. The van der Waals surface area contributed by atoms with Crippen LogP contribution in [0, 0.1) is 5.82 Å². The summed E-state index contributed by atoms with van der Waals surface area (Å²) in [6, 6.07) is 18.0. The summed E-state index contributed by atoms with van der Waals surface area (Å²) >= 11 is 1.25. The van der Waals surface area contributed by atoms with Crippen molar-refractivity contribution >= 4 is 60.9 Å². The number of carbonyl (C=O) groups is 2. The first-order valence-corrected chi connectivity index (χ1v) is 17.2. The van der Waals surface area contributed by atoms with Gasteiger partial charge in [0.05, 0.1) is 33.6 Å². The van der Waals surface area contributed by atoms with Gasteiger partial charge in [0.1, 0.15) is 27.8 Å². The van der Waals surface area contributed by atoms with E-state index in [9.17, 15) is 22.4 Å². The van der Waals surface area contributed by atoms with E-state index in [2.05, 4.69) is 10.3 Å². The largest absolute Gasteiger partial charge is 0.455 e. The Morgan fingerprint density at radius 1 is 1.06 bits per heavy atom. The lowest BCUT2D eigenvalue weighted by molar-refractivity contribution is 0.0547. The van der Waals surface area contributed by atoms with Crippen molar-refractivity contribution in [2.45, 2.75) is 26.4 Å². The third-order valence-electron chi connectivity index (χ3n) is 7.48. The highest BCUT2D eigenvalue weighted by Crippen LogP contribution is 2.44. The van der Waals surface area contributed by atoms with Crippen LogP contribution in [0.3, 0.4) is 0 Å². The van der Waals surface area contributed by atoms with Gasteiger partial charge < -0.3 is 14.5 Å². The lowest BCUT2D eigenvalue weighted by Gasteiger charge is -2.20. The molecule has 3 aromatic carbocycles. The molecule has 242 valence electrons. The average Bonchev–Trinajstić information content (AvgIpc) is 3.74. The van der Waals surface area contributed by atoms with E-state index in [0.29, 0.717) is 37.6 Å². The van der Waals surface area contributed by atoms with Crippen LogP contribution in [0.4, 0.5) is 14.9 Å². The predicted molar refractivity (Wildman–Crippen MR) is 182 cm³/mol. The molecule has 0 saturated heterocycles. The number of para-hydroxylation sites is 1. The van der Waals surface area contributed by atoms with Gasteiger partial charge in [-0.15, -0.1) is 11.3 Å². The smallest absolute Gasteiger partial charge is 0.419 e. The monoisotopic (exact) mass is 674 g/mol. The molecule has 0 aliphatic rings. The maximum atomic E-state index is 13.7. The molecule has 0 saturated carbocycles. The molecule has 0 radical (unpaired) electrons. The van der Waals surface area contributed by atoms with Gasteiger partial charge in [-0.1, -0.05) is 18.2 Å². The molecular formula is C34H31FN4O6S2. The number of rotatable bonds is 6. The van der Waals surface area contributed by atoms with Crippen molar-refractivity contribution in [2.75, 3.05) is 24.7 Å². The summed E-state index contributed by atoms with van der Waals surface area (Å²) in [6.07, 6.45) is 2.12. The van der Waals surface area contributed by atoms with Gasteiger partial charge in [0, 0.05) is 48.3 Å². The van der Waals surface area contributed by atoms with E-state index in [1.54, 1.807) is 39.1 Å². The Labute approximate surface area is 274 Å². The number of thiazole rings is 1. The molecule has 6 aromatic rings. The molecule has 0 atom stereocenters. The number of sulfonamides is 1. The Balaban J connectivity index is 1.58. The number of nitrogens with zero attached hydrogens (tertiary/aromatic N) is 3. The highest BCUT2D eigenvalue weighted by molar-refractivity contribution is 7.92. The van der Waals surface area contributed by atoms with Crippen molar-refractivity contribution in [3.8, 4) is 32.5 Å². The molecule has 0 unspecified atom stereocenters. The number of amides is 1. The number of nitrogens with one attached hydrogen (secondary N) is 1.